The zero-order chi connectivity index (χ0) is 29.3. The van der Waals surface area contributed by atoms with Gasteiger partial charge in [-0.2, -0.15) is 0 Å². The van der Waals surface area contributed by atoms with E-state index in [1.165, 1.54) is 43.3 Å². The van der Waals surface area contributed by atoms with E-state index in [0.717, 1.165) is 0 Å². The number of rotatable bonds is 18. The van der Waals surface area contributed by atoms with E-state index in [2.05, 4.69) is 0 Å². The Bertz CT molecular complexity index is 1080. The number of benzene rings is 2. The smallest absolute Gasteiger partial charge is 0.338 e. The fourth-order valence-electron chi connectivity index (χ4n) is 3.47. The summed E-state index contributed by atoms with van der Waals surface area (Å²) in [7, 11) is 1.60. The van der Waals surface area contributed by atoms with E-state index in [1.807, 2.05) is 13.8 Å². The van der Waals surface area contributed by atoms with E-state index in [0.29, 0.717) is 44.0 Å². The summed E-state index contributed by atoms with van der Waals surface area (Å²) < 4.78 is 31.6. The molecule has 1 unspecified atom stereocenters. The molecule has 0 radical (unpaired) electrons. The molecular formula is C30H38O10. The summed E-state index contributed by atoms with van der Waals surface area (Å²) in [6.07, 6.45) is -0.169. The van der Waals surface area contributed by atoms with Crippen LogP contribution in [0.1, 0.15) is 68.6 Å². The van der Waals surface area contributed by atoms with Crippen LogP contribution in [0.5, 0.6) is 0 Å². The lowest BCUT2D eigenvalue weighted by atomic mass is 10.1. The second kappa shape index (κ2) is 17.9. The van der Waals surface area contributed by atoms with Crippen LogP contribution in [0.2, 0.25) is 0 Å². The molecule has 2 aromatic carbocycles. The van der Waals surface area contributed by atoms with Gasteiger partial charge in [0.1, 0.15) is 19.3 Å². The molecule has 0 heterocycles. The number of esters is 3. The molecule has 0 N–H and O–H groups in total. The monoisotopic (exact) mass is 558 g/mol. The van der Waals surface area contributed by atoms with Gasteiger partial charge >= 0.3 is 17.9 Å². The van der Waals surface area contributed by atoms with Crippen LogP contribution in [0.4, 0.5) is 0 Å². The highest BCUT2D eigenvalue weighted by molar-refractivity contribution is 5.96. The highest BCUT2D eigenvalue weighted by atomic mass is 16.6. The van der Waals surface area contributed by atoms with Crippen LogP contribution < -0.4 is 0 Å². The van der Waals surface area contributed by atoms with Crippen molar-refractivity contribution in [3.05, 3.63) is 70.8 Å². The third-order valence-electron chi connectivity index (χ3n) is 5.56. The van der Waals surface area contributed by atoms with Gasteiger partial charge in [-0.25, -0.2) is 14.4 Å². The largest absolute Gasteiger partial charge is 0.460 e. The lowest BCUT2D eigenvalue weighted by molar-refractivity contribution is -0.00597. The van der Waals surface area contributed by atoms with Crippen LogP contribution in [-0.2, 0) is 28.4 Å². The first-order chi connectivity index (χ1) is 19.2. The maximum atomic E-state index is 12.6. The SMILES string of the molecule is COCCOCCOCCOC(=O)c1ccc(C(=O)OCC(CC(C)C)OC(=O)c2ccc(C(C)=O)cc2)cc1. The summed E-state index contributed by atoms with van der Waals surface area (Å²) in [5.74, 6) is -1.64. The van der Waals surface area contributed by atoms with Crippen molar-refractivity contribution >= 4 is 23.7 Å². The zero-order valence-electron chi connectivity index (χ0n) is 23.5. The van der Waals surface area contributed by atoms with Crippen molar-refractivity contribution in [2.24, 2.45) is 5.92 Å². The topological polar surface area (TPSA) is 124 Å². The fraction of sp³-hybridized carbons (Fsp3) is 0.467. The van der Waals surface area contributed by atoms with Crippen LogP contribution in [0, 0.1) is 5.92 Å². The van der Waals surface area contributed by atoms with Crippen LogP contribution in [0.25, 0.3) is 0 Å². The summed E-state index contributed by atoms with van der Waals surface area (Å²) in [6, 6.07) is 12.0. The first-order valence-electron chi connectivity index (χ1n) is 13.1. The molecule has 1 atom stereocenters. The van der Waals surface area contributed by atoms with Gasteiger partial charge in [-0.05, 0) is 55.7 Å². The summed E-state index contributed by atoms with van der Waals surface area (Å²) in [4.78, 5) is 48.9. The van der Waals surface area contributed by atoms with Crippen molar-refractivity contribution < 1.29 is 47.6 Å². The predicted octanol–water partition coefficient (Wildman–Crippen LogP) is 4.15. The van der Waals surface area contributed by atoms with Crippen molar-refractivity contribution in [2.75, 3.05) is 53.4 Å². The molecule has 0 amide bonds. The molecule has 0 fully saturated rings. The molecular weight excluding hydrogens is 520 g/mol. The quantitative estimate of drug-likeness (QED) is 0.114. The Labute approximate surface area is 234 Å². The Kier molecular flexibility index (Phi) is 14.6. The standard InChI is InChI=1S/C30H38O10/c1-21(2)19-27(40-30(34)26-7-5-23(6-8-26)22(3)31)20-39-29(33)25-11-9-24(10-12-25)28(32)38-18-17-37-16-15-36-14-13-35-4/h5-12,21,27H,13-20H2,1-4H3. The van der Waals surface area contributed by atoms with Crippen molar-refractivity contribution in [1.82, 2.24) is 0 Å². The van der Waals surface area contributed by atoms with E-state index in [9.17, 15) is 19.2 Å². The van der Waals surface area contributed by atoms with Crippen LogP contribution in [-0.4, -0.2) is 83.2 Å². The summed E-state index contributed by atoms with van der Waals surface area (Å²) >= 11 is 0. The zero-order valence-corrected chi connectivity index (χ0v) is 23.5. The lowest BCUT2D eigenvalue weighted by Crippen LogP contribution is -2.27. The van der Waals surface area contributed by atoms with Gasteiger partial charge in [-0.3, -0.25) is 4.79 Å². The highest BCUT2D eigenvalue weighted by Crippen LogP contribution is 2.15. The predicted molar refractivity (Wildman–Crippen MR) is 146 cm³/mol. The van der Waals surface area contributed by atoms with Crippen molar-refractivity contribution in [2.45, 2.75) is 33.3 Å². The van der Waals surface area contributed by atoms with Crippen LogP contribution >= 0.6 is 0 Å². The van der Waals surface area contributed by atoms with Gasteiger partial charge in [0.05, 0.1) is 49.7 Å². The lowest BCUT2D eigenvalue weighted by Gasteiger charge is -2.20. The summed E-state index contributed by atoms with van der Waals surface area (Å²) in [6.45, 7) is 7.37. The average molecular weight is 559 g/mol. The molecule has 0 aliphatic carbocycles. The Hall–Kier alpha value is -3.60. The molecule has 0 aliphatic heterocycles. The number of hydrogen-bond donors (Lipinski definition) is 0. The van der Waals surface area contributed by atoms with E-state index in [-0.39, 0.29) is 42.6 Å². The van der Waals surface area contributed by atoms with E-state index < -0.39 is 24.0 Å². The Morgan fingerprint density at radius 2 is 1.07 bits per heavy atom. The van der Waals surface area contributed by atoms with E-state index in [4.69, 9.17) is 28.4 Å². The molecule has 0 bridgehead atoms. The minimum Gasteiger partial charge on any atom is -0.460 e. The second-order valence-corrected chi connectivity index (χ2v) is 9.32. The number of carbonyl (C=O) groups excluding carboxylic acids is 4. The molecule has 218 valence electrons. The molecule has 0 saturated heterocycles. The molecule has 0 aromatic heterocycles. The van der Waals surface area contributed by atoms with Gasteiger partial charge in [0, 0.05) is 12.7 Å². The number of methoxy groups -OCH3 is 1. The van der Waals surface area contributed by atoms with Gasteiger partial charge in [-0.1, -0.05) is 26.0 Å². The van der Waals surface area contributed by atoms with Crippen molar-refractivity contribution in [3.63, 3.8) is 0 Å². The van der Waals surface area contributed by atoms with Crippen molar-refractivity contribution in [1.29, 1.82) is 0 Å². The van der Waals surface area contributed by atoms with Crippen LogP contribution in [0.15, 0.2) is 48.5 Å². The molecule has 10 heteroatoms. The minimum atomic E-state index is -0.655. The third kappa shape index (κ3) is 12.1. The summed E-state index contributed by atoms with van der Waals surface area (Å²) in [5.41, 5.74) is 1.31. The maximum Gasteiger partial charge on any atom is 0.338 e. The molecule has 2 rings (SSSR count). The number of ether oxygens (including phenoxy) is 6. The maximum absolute atomic E-state index is 12.6. The highest BCUT2D eigenvalue weighted by Gasteiger charge is 2.21. The number of ketones is 1. The molecule has 2 aromatic rings. The van der Waals surface area contributed by atoms with Gasteiger partial charge in [0.2, 0.25) is 0 Å². The first kappa shape index (κ1) is 32.6. The van der Waals surface area contributed by atoms with Gasteiger partial charge in [0.25, 0.3) is 0 Å². The number of carbonyl (C=O) groups is 4. The summed E-state index contributed by atoms with van der Waals surface area (Å²) in [5, 5.41) is 0. The van der Waals surface area contributed by atoms with E-state index >= 15 is 0 Å². The van der Waals surface area contributed by atoms with Gasteiger partial charge < -0.3 is 28.4 Å². The average Bonchev–Trinajstić information content (AvgIpc) is 2.94. The van der Waals surface area contributed by atoms with Gasteiger partial charge in [-0.15, -0.1) is 0 Å². The van der Waals surface area contributed by atoms with Crippen molar-refractivity contribution in [3.8, 4) is 0 Å². The molecule has 10 nitrogen and oxygen atoms in total. The first-order valence-corrected chi connectivity index (χ1v) is 13.1. The molecule has 0 aliphatic rings. The second-order valence-electron chi connectivity index (χ2n) is 9.32. The number of Topliss-reactive ketones (excluding diaryl/α,β-unsaturated/α-hetero) is 1. The molecule has 40 heavy (non-hydrogen) atoms. The number of hydrogen-bond acceptors (Lipinski definition) is 10. The Balaban J connectivity index is 1.80. The van der Waals surface area contributed by atoms with E-state index in [1.54, 1.807) is 19.2 Å². The third-order valence-corrected chi connectivity index (χ3v) is 5.56. The van der Waals surface area contributed by atoms with Gasteiger partial charge in [0.15, 0.2) is 5.78 Å². The molecule has 0 spiro atoms. The fourth-order valence-corrected chi connectivity index (χ4v) is 3.47. The van der Waals surface area contributed by atoms with Crippen LogP contribution in [0.3, 0.4) is 0 Å². The Morgan fingerprint density at radius 3 is 1.57 bits per heavy atom. The normalized spacial score (nSPS) is 11.6. The Morgan fingerprint density at radius 1 is 0.625 bits per heavy atom. The minimum absolute atomic E-state index is 0.0809. The molecule has 0 saturated carbocycles.